The van der Waals surface area contributed by atoms with Gasteiger partial charge >= 0.3 is 0 Å². The Morgan fingerprint density at radius 3 is 2.89 bits per heavy atom. The van der Waals surface area contributed by atoms with Crippen molar-refractivity contribution < 1.29 is 0 Å². The Morgan fingerprint density at radius 2 is 2.28 bits per heavy atom. The van der Waals surface area contributed by atoms with Crippen LogP contribution in [-0.2, 0) is 6.54 Å². The van der Waals surface area contributed by atoms with Crippen LogP contribution in [0.15, 0.2) is 27.7 Å². The van der Waals surface area contributed by atoms with Crippen LogP contribution in [0.4, 0.5) is 0 Å². The van der Waals surface area contributed by atoms with Gasteiger partial charge in [0.05, 0.1) is 13.1 Å². The molecule has 0 unspecified atom stereocenters. The SMILES string of the molecule is C#CCNC(=NCc1ccc(Br)cc1Cl)NCC. The number of nitrogens with one attached hydrogen (secondary N) is 2. The van der Waals surface area contributed by atoms with Gasteiger partial charge in [0.25, 0.3) is 0 Å². The first-order chi connectivity index (χ1) is 8.67. The summed E-state index contributed by atoms with van der Waals surface area (Å²) in [5, 5.41) is 6.83. The van der Waals surface area contributed by atoms with Crippen LogP contribution in [0.25, 0.3) is 0 Å². The second-order valence-corrected chi connectivity index (χ2v) is 4.81. The molecule has 0 saturated carbocycles. The second kappa shape index (κ2) is 8.02. The number of aliphatic imine (C=N–C) groups is 1. The molecule has 96 valence electrons. The van der Waals surface area contributed by atoms with E-state index in [0.29, 0.717) is 24.1 Å². The maximum atomic E-state index is 6.12. The Bertz CT molecular complexity index is 466. The van der Waals surface area contributed by atoms with Crippen LogP contribution in [-0.4, -0.2) is 19.0 Å². The molecule has 0 atom stereocenters. The van der Waals surface area contributed by atoms with Crippen molar-refractivity contribution >= 4 is 33.5 Å². The van der Waals surface area contributed by atoms with Crippen LogP contribution in [0.1, 0.15) is 12.5 Å². The number of nitrogens with zero attached hydrogens (tertiary/aromatic N) is 1. The lowest BCUT2D eigenvalue weighted by molar-refractivity contribution is 0.865. The van der Waals surface area contributed by atoms with Crippen LogP contribution >= 0.6 is 27.5 Å². The fraction of sp³-hybridized carbons (Fsp3) is 0.308. The normalized spacial score (nSPS) is 10.9. The van der Waals surface area contributed by atoms with Gasteiger partial charge in [-0.15, -0.1) is 6.42 Å². The third kappa shape index (κ3) is 4.99. The van der Waals surface area contributed by atoms with E-state index in [1.165, 1.54) is 0 Å². The Balaban J connectivity index is 2.71. The van der Waals surface area contributed by atoms with Gasteiger partial charge in [-0.05, 0) is 24.6 Å². The molecule has 5 heteroatoms. The highest BCUT2D eigenvalue weighted by Crippen LogP contribution is 2.21. The van der Waals surface area contributed by atoms with Gasteiger partial charge < -0.3 is 10.6 Å². The molecule has 0 saturated heterocycles. The predicted molar refractivity (Wildman–Crippen MR) is 80.8 cm³/mol. The molecule has 0 heterocycles. The average Bonchev–Trinajstić information content (AvgIpc) is 2.34. The monoisotopic (exact) mass is 327 g/mol. The minimum Gasteiger partial charge on any atom is -0.357 e. The third-order valence-electron chi connectivity index (χ3n) is 2.12. The zero-order valence-electron chi connectivity index (χ0n) is 10.1. The van der Waals surface area contributed by atoms with Crippen molar-refractivity contribution in [3.63, 3.8) is 0 Å². The molecular formula is C13H15BrClN3. The molecule has 0 aliphatic rings. The lowest BCUT2D eigenvalue weighted by Gasteiger charge is -2.09. The number of benzene rings is 1. The summed E-state index contributed by atoms with van der Waals surface area (Å²) in [6, 6.07) is 5.74. The summed E-state index contributed by atoms with van der Waals surface area (Å²) in [5.41, 5.74) is 0.970. The maximum absolute atomic E-state index is 6.12. The molecule has 1 rings (SSSR count). The van der Waals surface area contributed by atoms with E-state index < -0.39 is 0 Å². The van der Waals surface area contributed by atoms with E-state index >= 15 is 0 Å². The van der Waals surface area contributed by atoms with E-state index in [-0.39, 0.29) is 0 Å². The highest BCUT2D eigenvalue weighted by Gasteiger charge is 2.01. The molecule has 1 aromatic carbocycles. The van der Waals surface area contributed by atoms with Gasteiger partial charge in [0.15, 0.2) is 5.96 Å². The van der Waals surface area contributed by atoms with Gasteiger partial charge in [0.1, 0.15) is 0 Å². The van der Waals surface area contributed by atoms with E-state index in [0.717, 1.165) is 16.6 Å². The van der Waals surface area contributed by atoms with Crippen LogP contribution in [0, 0.1) is 12.3 Å². The van der Waals surface area contributed by atoms with Crippen molar-refractivity contribution in [2.45, 2.75) is 13.5 Å². The van der Waals surface area contributed by atoms with Crippen molar-refractivity contribution in [3.05, 3.63) is 33.3 Å². The number of terminal acetylenes is 1. The van der Waals surface area contributed by atoms with Crippen LogP contribution < -0.4 is 10.6 Å². The van der Waals surface area contributed by atoms with E-state index in [4.69, 9.17) is 18.0 Å². The Hall–Kier alpha value is -1.18. The molecule has 0 radical (unpaired) electrons. The van der Waals surface area contributed by atoms with E-state index in [1.54, 1.807) is 0 Å². The van der Waals surface area contributed by atoms with Crippen molar-refractivity contribution in [1.29, 1.82) is 0 Å². The molecule has 2 N–H and O–H groups in total. The summed E-state index contributed by atoms with van der Waals surface area (Å²) in [5.74, 6) is 3.20. The minimum absolute atomic E-state index is 0.444. The smallest absolute Gasteiger partial charge is 0.192 e. The zero-order chi connectivity index (χ0) is 13.4. The molecule has 0 aliphatic carbocycles. The van der Waals surface area contributed by atoms with Crippen LogP contribution in [0.5, 0.6) is 0 Å². The van der Waals surface area contributed by atoms with Crippen molar-refractivity contribution in [1.82, 2.24) is 10.6 Å². The van der Waals surface area contributed by atoms with E-state index in [1.807, 2.05) is 25.1 Å². The number of hydrogen-bond donors (Lipinski definition) is 2. The lowest BCUT2D eigenvalue weighted by atomic mass is 10.2. The molecule has 0 amide bonds. The van der Waals surface area contributed by atoms with E-state index in [2.05, 4.69) is 37.5 Å². The fourth-order valence-electron chi connectivity index (χ4n) is 1.29. The second-order valence-electron chi connectivity index (χ2n) is 3.49. The first-order valence-corrected chi connectivity index (χ1v) is 6.74. The van der Waals surface area contributed by atoms with Crippen LogP contribution in [0.3, 0.4) is 0 Å². The Labute approximate surface area is 121 Å². The molecule has 3 nitrogen and oxygen atoms in total. The van der Waals surface area contributed by atoms with Crippen molar-refractivity contribution in [3.8, 4) is 12.3 Å². The minimum atomic E-state index is 0.444. The number of rotatable bonds is 4. The molecular weight excluding hydrogens is 314 g/mol. The summed E-state index contributed by atoms with van der Waals surface area (Å²) >= 11 is 9.49. The molecule has 0 fully saturated rings. The quantitative estimate of drug-likeness (QED) is 0.506. The number of guanidine groups is 1. The zero-order valence-corrected chi connectivity index (χ0v) is 12.5. The molecule has 18 heavy (non-hydrogen) atoms. The molecule has 0 bridgehead atoms. The molecule has 0 spiro atoms. The summed E-state index contributed by atoms with van der Waals surface area (Å²) in [7, 11) is 0. The maximum Gasteiger partial charge on any atom is 0.192 e. The van der Waals surface area contributed by atoms with Crippen LogP contribution in [0.2, 0.25) is 5.02 Å². The molecule has 0 aromatic heterocycles. The Kier molecular flexibility index (Phi) is 6.63. The molecule has 1 aromatic rings. The topological polar surface area (TPSA) is 36.4 Å². The highest BCUT2D eigenvalue weighted by molar-refractivity contribution is 9.10. The van der Waals surface area contributed by atoms with Gasteiger partial charge in [0, 0.05) is 16.0 Å². The number of halogens is 2. The van der Waals surface area contributed by atoms with Gasteiger partial charge in [-0.3, -0.25) is 0 Å². The van der Waals surface area contributed by atoms with E-state index in [9.17, 15) is 0 Å². The average molecular weight is 329 g/mol. The lowest BCUT2D eigenvalue weighted by Crippen LogP contribution is -2.37. The van der Waals surface area contributed by atoms with Gasteiger partial charge in [0.2, 0.25) is 0 Å². The van der Waals surface area contributed by atoms with Crippen molar-refractivity contribution in [2.24, 2.45) is 4.99 Å². The fourth-order valence-corrected chi connectivity index (χ4v) is 2.02. The first kappa shape index (κ1) is 14.9. The molecule has 0 aliphatic heterocycles. The summed E-state index contributed by atoms with van der Waals surface area (Å²) in [4.78, 5) is 4.41. The van der Waals surface area contributed by atoms with Gasteiger partial charge in [-0.2, -0.15) is 0 Å². The standard InChI is InChI=1S/C13H15BrClN3/c1-3-7-17-13(16-4-2)18-9-10-5-6-11(14)8-12(10)15/h1,5-6,8H,4,7,9H2,2H3,(H2,16,17,18). The first-order valence-electron chi connectivity index (χ1n) is 5.57. The Morgan fingerprint density at radius 1 is 1.50 bits per heavy atom. The largest absolute Gasteiger partial charge is 0.357 e. The van der Waals surface area contributed by atoms with Crippen molar-refractivity contribution in [2.75, 3.05) is 13.1 Å². The highest BCUT2D eigenvalue weighted by atomic mass is 79.9. The third-order valence-corrected chi connectivity index (χ3v) is 2.97. The summed E-state index contributed by atoms with van der Waals surface area (Å²) in [6.07, 6.45) is 5.20. The van der Waals surface area contributed by atoms with Gasteiger partial charge in [-0.1, -0.05) is 39.5 Å². The predicted octanol–water partition coefficient (Wildman–Crippen LogP) is 2.79. The number of hydrogen-bond acceptors (Lipinski definition) is 1. The summed E-state index contributed by atoms with van der Waals surface area (Å²) < 4.78 is 0.956. The summed E-state index contributed by atoms with van der Waals surface area (Å²) in [6.45, 7) is 3.73. The van der Waals surface area contributed by atoms with Gasteiger partial charge in [-0.25, -0.2) is 4.99 Å².